The molecule has 0 N–H and O–H groups in total. The minimum atomic E-state index is -5.26. The Labute approximate surface area is 300 Å². The maximum Gasteiger partial charge on any atom is 0.416 e. The van der Waals surface area contributed by atoms with Crippen molar-refractivity contribution in [3.8, 4) is 67.9 Å². The molecule has 0 fully saturated rings. The van der Waals surface area contributed by atoms with Crippen molar-refractivity contribution in [2.45, 2.75) is 38.6 Å². The van der Waals surface area contributed by atoms with Crippen molar-refractivity contribution >= 4 is 0 Å². The van der Waals surface area contributed by atoms with E-state index in [1.54, 1.807) is 0 Å². The summed E-state index contributed by atoms with van der Waals surface area (Å²) in [6.07, 6.45) is -21.0. The number of hydrogen-bond acceptors (Lipinski definition) is 6. The molecule has 294 valence electrons. The van der Waals surface area contributed by atoms with Crippen LogP contribution in [-0.4, -0.2) is 42.7 Å². The van der Waals surface area contributed by atoms with Gasteiger partial charge in [-0.05, 0) is 72.5 Å². The molecule has 0 saturated heterocycles. The lowest BCUT2D eigenvalue weighted by molar-refractivity contribution is -0.144. The van der Waals surface area contributed by atoms with Crippen LogP contribution in [0.4, 0.5) is 52.7 Å². The second-order valence-corrected chi connectivity index (χ2v) is 11.5. The van der Waals surface area contributed by atoms with Crippen LogP contribution in [0.1, 0.15) is 33.4 Å². The topological polar surface area (TPSA) is 55.4 Å². The molecule has 0 amide bonds. The largest absolute Gasteiger partial charge is 0.492 e. The molecule has 0 aromatic heterocycles. The normalized spacial score (nSPS) is 12.4. The van der Waals surface area contributed by atoms with E-state index in [0.29, 0.717) is 24.3 Å². The predicted octanol–water partition coefficient (Wildman–Crippen LogP) is 11.4. The van der Waals surface area contributed by atoms with Gasteiger partial charge in [0.1, 0.15) is 0 Å². The number of halogens is 12. The summed E-state index contributed by atoms with van der Waals surface area (Å²) >= 11 is 0. The van der Waals surface area contributed by atoms with E-state index < -0.39 is 58.1 Å². The number of methoxy groups -OCH3 is 6. The van der Waals surface area contributed by atoms with Gasteiger partial charge in [0, 0.05) is 22.3 Å². The van der Waals surface area contributed by atoms with E-state index in [1.165, 1.54) is 13.8 Å². The van der Waals surface area contributed by atoms with Crippen molar-refractivity contribution in [3.63, 3.8) is 0 Å². The van der Waals surface area contributed by atoms with Gasteiger partial charge < -0.3 is 28.4 Å². The molecule has 0 spiro atoms. The van der Waals surface area contributed by atoms with E-state index in [-0.39, 0.29) is 80.0 Å². The molecular formula is C36H30F12O6. The zero-order chi connectivity index (χ0) is 40.9. The third-order valence-corrected chi connectivity index (χ3v) is 8.46. The first-order valence-corrected chi connectivity index (χ1v) is 15.2. The smallest absolute Gasteiger partial charge is 0.416 e. The van der Waals surface area contributed by atoms with E-state index in [4.69, 9.17) is 28.4 Å². The Morgan fingerprint density at radius 2 is 0.519 bits per heavy atom. The van der Waals surface area contributed by atoms with Crippen molar-refractivity contribution in [2.24, 2.45) is 0 Å². The Balaban J connectivity index is 2.35. The van der Waals surface area contributed by atoms with Gasteiger partial charge in [-0.1, -0.05) is 0 Å². The van der Waals surface area contributed by atoms with Crippen LogP contribution < -0.4 is 28.4 Å². The van der Waals surface area contributed by atoms with Gasteiger partial charge >= 0.3 is 24.7 Å². The average molecular weight is 787 g/mol. The number of ether oxygens (including phenoxy) is 6. The molecule has 0 aliphatic carbocycles. The van der Waals surface area contributed by atoms with E-state index in [0.717, 1.165) is 42.7 Å². The highest BCUT2D eigenvalue weighted by Gasteiger charge is 2.41. The molecule has 4 aromatic rings. The van der Waals surface area contributed by atoms with Crippen LogP contribution in [0.15, 0.2) is 36.4 Å². The standard InChI is InChI=1S/C36H30F12O6/c1-15-23(17-9-19(33(37,38)39)13-20(10-17)34(40,41)42)27(49-3)31(53-7)29(51-5)25(15)26-16(2)24(28(50-4)32(54-8)30(26)52-6)18-11-21(35(43,44)45)14-22(12-18)36(46,47)48/h9-14H,1-8H3. The Bertz CT molecular complexity index is 1850. The van der Waals surface area contributed by atoms with Gasteiger partial charge in [0.25, 0.3) is 0 Å². The van der Waals surface area contributed by atoms with Gasteiger partial charge in [-0.15, -0.1) is 0 Å². The second-order valence-electron chi connectivity index (χ2n) is 11.5. The minimum Gasteiger partial charge on any atom is -0.492 e. The molecule has 4 aromatic carbocycles. The monoisotopic (exact) mass is 786 g/mol. The molecule has 0 heterocycles. The fourth-order valence-corrected chi connectivity index (χ4v) is 6.24. The first-order chi connectivity index (χ1) is 24.9. The molecule has 54 heavy (non-hydrogen) atoms. The summed E-state index contributed by atoms with van der Waals surface area (Å²) < 4.78 is 202. The fourth-order valence-electron chi connectivity index (χ4n) is 6.24. The summed E-state index contributed by atoms with van der Waals surface area (Å²) in [6, 6.07) is 1.63. The first-order valence-electron chi connectivity index (χ1n) is 15.2. The average Bonchev–Trinajstić information content (AvgIpc) is 3.08. The van der Waals surface area contributed by atoms with E-state index in [9.17, 15) is 52.7 Å². The Hall–Kier alpha value is -5.16. The maximum absolute atomic E-state index is 14.0. The lowest BCUT2D eigenvalue weighted by atomic mass is 9.84. The van der Waals surface area contributed by atoms with Crippen LogP contribution in [-0.2, 0) is 24.7 Å². The summed E-state index contributed by atoms with van der Waals surface area (Å²) in [5.41, 5.74) is -9.39. The van der Waals surface area contributed by atoms with Gasteiger partial charge in [0.15, 0.2) is 23.0 Å². The number of rotatable bonds is 9. The van der Waals surface area contributed by atoms with E-state index in [1.807, 2.05) is 0 Å². The summed E-state index contributed by atoms with van der Waals surface area (Å²) in [5, 5.41) is 0. The first kappa shape index (κ1) is 41.6. The number of alkyl halides is 12. The third-order valence-electron chi connectivity index (χ3n) is 8.46. The highest BCUT2D eigenvalue weighted by molar-refractivity contribution is 5.98. The summed E-state index contributed by atoms with van der Waals surface area (Å²) in [4.78, 5) is 0. The van der Waals surface area contributed by atoms with Gasteiger partial charge in [0.05, 0.1) is 64.9 Å². The van der Waals surface area contributed by atoms with Crippen molar-refractivity contribution in [1.82, 2.24) is 0 Å². The van der Waals surface area contributed by atoms with Crippen LogP contribution >= 0.6 is 0 Å². The highest BCUT2D eigenvalue weighted by Crippen LogP contribution is 2.60. The zero-order valence-corrected chi connectivity index (χ0v) is 29.4. The predicted molar refractivity (Wildman–Crippen MR) is 172 cm³/mol. The Morgan fingerprint density at radius 3 is 0.704 bits per heavy atom. The van der Waals surface area contributed by atoms with Crippen LogP contribution in [0.3, 0.4) is 0 Å². The van der Waals surface area contributed by atoms with Gasteiger partial charge in [-0.25, -0.2) is 0 Å². The van der Waals surface area contributed by atoms with Crippen LogP contribution in [0.5, 0.6) is 34.5 Å². The van der Waals surface area contributed by atoms with Crippen LogP contribution in [0.2, 0.25) is 0 Å². The van der Waals surface area contributed by atoms with Crippen LogP contribution in [0.25, 0.3) is 33.4 Å². The maximum atomic E-state index is 14.0. The molecule has 0 aliphatic heterocycles. The molecular weight excluding hydrogens is 756 g/mol. The second kappa shape index (κ2) is 14.6. The van der Waals surface area contributed by atoms with Gasteiger partial charge in [-0.3, -0.25) is 0 Å². The molecule has 0 unspecified atom stereocenters. The number of hydrogen-bond donors (Lipinski definition) is 0. The zero-order valence-electron chi connectivity index (χ0n) is 29.4. The molecule has 0 aliphatic rings. The third kappa shape index (κ3) is 7.46. The number of benzene rings is 4. The van der Waals surface area contributed by atoms with Crippen LogP contribution in [0, 0.1) is 13.8 Å². The summed E-state index contributed by atoms with van der Waals surface area (Å²) in [7, 11) is 6.54. The lowest BCUT2D eigenvalue weighted by Crippen LogP contribution is -2.12. The Morgan fingerprint density at radius 1 is 0.315 bits per heavy atom. The molecule has 0 atom stereocenters. The van der Waals surface area contributed by atoms with E-state index in [2.05, 4.69) is 0 Å². The molecule has 0 radical (unpaired) electrons. The summed E-state index contributed by atoms with van der Waals surface area (Å²) in [5.74, 6) is -2.02. The van der Waals surface area contributed by atoms with Crippen molar-refractivity contribution < 1.29 is 81.1 Å². The van der Waals surface area contributed by atoms with Crippen molar-refractivity contribution in [2.75, 3.05) is 42.7 Å². The molecule has 0 bridgehead atoms. The quantitative estimate of drug-likeness (QED) is 0.158. The Kier molecular flexibility index (Phi) is 11.2. The van der Waals surface area contributed by atoms with Crippen molar-refractivity contribution in [1.29, 1.82) is 0 Å². The summed E-state index contributed by atoms with van der Waals surface area (Å²) in [6.45, 7) is 2.54. The highest BCUT2D eigenvalue weighted by atomic mass is 19.4. The SMILES string of the molecule is COc1c(OC)c(-c2cc(C(F)(F)F)cc(C(F)(F)F)c2)c(C)c(-c2c(C)c(-c3cc(C(F)(F)F)cc(C(F)(F)F)c3)c(OC)c(OC)c2OC)c1OC. The molecule has 6 nitrogen and oxygen atoms in total. The lowest BCUT2D eigenvalue weighted by Gasteiger charge is -2.28. The molecule has 0 saturated carbocycles. The van der Waals surface area contributed by atoms with Gasteiger partial charge in [0.2, 0.25) is 11.5 Å². The van der Waals surface area contributed by atoms with E-state index >= 15 is 0 Å². The minimum absolute atomic E-state index is 0.0783. The van der Waals surface area contributed by atoms with Crippen molar-refractivity contribution in [3.05, 3.63) is 69.8 Å². The fraction of sp³-hybridized carbons (Fsp3) is 0.333. The molecule has 4 rings (SSSR count). The van der Waals surface area contributed by atoms with Gasteiger partial charge in [-0.2, -0.15) is 52.7 Å². The molecule has 18 heteroatoms.